The Morgan fingerprint density at radius 3 is 2.47 bits per heavy atom. The Kier molecular flexibility index (Phi) is 8.53. The van der Waals surface area contributed by atoms with Crippen molar-refractivity contribution >= 4 is 21.7 Å². The van der Waals surface area contributed by atoms with Crippen LogP contribution in [0.25, 0.3) is 0 Å². The highest BCUT2D eigenvalue weighted by molar-refractivity contribution is 7.89. The molecule has 1 aromatic heterocycles. The Balaban J connectivity index is 1.27. The van der Waals surface area contributed by atoms with E-state index in [0.717, 1.165) is 37.7 Å². The molecule has 8 nitrogen and oxygen atoms in total. The predicted octanol–water partition coefficient (Wildman–Crippen LogP) is 4.34. The molecule has 0 saturated heterocycles. The molecule has 3 N–H and O–H groups in total. The van der Waals surface area contributed by atoms with Gasteiger partial charge in [0.1, 0.15) is 0 Å². The van der Waals surface area contributed by atoms with Crippen LogP contribution < -0.4 is 15.4 Å². The number of benzene rings is 1. The average Bonchev–Trinajstić information content (AvgIpc) is 2.84. The van der Waals surface area contributed by atoms with Gasteiger partial charge in [-0.1, -0.05) is 25.3 Å². The van der Waals surface area contributed by atoms with Crippen LogP contribution >= 0.6 is 0 Å². The van der Waals surface area contributed by atoms with Crippen molar-refractivity contribution in [2.24, 2.45) is 0 Å². The number of urea groups is 1. The first-order chi connectivity index (χ1) is 16.5. The zero-order valence-electron chi connectivity index (χ0n) is 19.4. The van der Waals surface area contributed by atoms with Gasteiger partial charge >= 0.3 is 6.03 Å². The minimum Gasteiger partial charge on any atom is -0.375 e. The fourth-order valence-corrected chi connectivity index (χ4v) is 6.00. The lowest BCUT2D eigenvalue weighted by Crippen LogP contribution is -2.41. The fourth-order valence-electron chi connectivity index (χ4n) is 4.71. The van der Waals surface area contributed by atoms with Crippen molar-refractivity contribution in [1.82, 2.24) is 15.0 Å². The number of amides is 2. The first-order valence-electron chi connectivity index (χ1n) is 12.2. The van der Waals surface area contributed by atoms with E-state index in [1.807, 2.05) is 6.07 Å². The molecule has 2 amide bonds. The molecule has 9 heteroatoms. The number of sulfonamides is 1. The number of nitrogens with one attached hydrogen (secondary N) is 3. The normalized spacial score (nSPS) is 21.6. The summed E-state index contributed by atoms with van der Waals surface area (Å²) in [5, 5.41) is 5.46. The summed E-state index contributed by atoms with van der Waals surface area (Å²) >= 11 is 0. The Hall–Kier alpha value is -2.49. The number of carbonyl (C=O) groups excluding carboxylic acids is 1. The number of hydrogen-bond donors (Lipinski definition) is 3. The fraction of sp³-hybridized carbons (Fsp3) is 0.520. The van der Waals surface area contributed by atoms with Crippen LogP contribution in [0.15, 0.2) is 53.7 Å². The Morgan fingerprint density at radius 1 is 0.971 bits per heavy atom. The van der Waals surface area contributed by atoms with Gasteiger partial charge < -0.3 is 15.4 Å². The number of ether oxygens (including phenoxy) is 1. The molecule has 1 heterocycles. The summed E-state index contributed by atoms with van der Waals surface area (Å²) in [7, 11) is -3.65. The highest BCUT2D eigenvalue weighted by Gasteiger charge is 2.29. The number of anilines is 1. The third-order valence-corrected chi connectivity index (χ3v) is 8.02. The number of rotatable bonds is 8. The van der Waals surface area contributed by atoms with E-state index >= 15 is 0 Å². The van der Waals surface area contributed by atoms with Gasteiger partial charge in [0.2, 0.25) is 10.0 Å². The average molecular weight is 487 g/mol. The summed E-state index contributed by atoms with van der Waals surface area (Å²) in [6.07, 6.45) is 13.3. The number of nitrogens with zero attached hydrogens (tertiary/aromatic N) is 1. The second kappa shape index (κ2) is 11.8. The van der Waals surface area contributed by atoms with E-state index in [2.05, 4.69) is 20.3 Å². The monoisotopic (exact) mass is 486 g/mol. The third-order valence-electron chi connectivity index (χ3n) is 6.48. The van der Waals surface area contributed by atoms with Crippen LogP contribution in [0.4, 0.5) is 10.5 Å². The molecule has 34 heavy (non-hydrogen) atoms. The summed E-state index contributed by atoms with van der Waals surface area (Å²) in [6.45, 7) is 0.350. The molecule has 2 fully saturated rings. The van der Waals surface area contributed by atoms with Gasteiger partial charge in [0.05, 0.1) is 17.1 Å². The maximum atomic E-state index is 12.9. The van der Waals surface area contributed by atoms with Crippen LogP contribution in [-0.2, 0) is 21.3 Å². The predicted molar refractivity (Wildman–Crippen MR) is 131 cm³/mol. The van der Waals surface area contributed by atoms with Gasteiger partial charge in [-0.05, 0) is 74.4 Å². The van der Waals surface area contributed by atoms with E-state index in [4.69, 9.17) is 4.74 Å². The van der Waals surface area contributed by atoms with Crippen LogP contribution in [0.1, 0.15) is 63.4 Å². The zero-order valence-corrected chi connectivity index (χ0v) is 20.2. The maximum absolute atomic E-state index is 12.9. The molecule has 2 aliphatic rings. The molecule has 0 aliphatic heterocycles. The number of carbonyl (C=O) groups is 1. The van der Waals surface area contributed by atoms with Crippen LogP contribution in [0.3, 0.4) is 0 Å². The summed E-state index contributed by atoms with van der Waals surface area (Å²) in [6, 6.07) is 9.39. The third kappa shape index (κ3) is 7.25. The van der Waals surface area contributed by atoms with Crippen molar-refractivity contribution in [3.8, 4) is 0 Å². The molecule has 1 aromatic carbocycles. The minimum atomic E-state index is -3.65. The Bertz CT molecular complexity index is 1020. The van der Waals surface area contributed by atoms with Crippen molar-refractivity contribution in [2.75, 3.05) is 5.32 Å². The smallest absolute Gasteiger partial charge is 0.319 e. The molecule has 184 valence electrons. The van der Waals surface area contributed by atoms with Gasteiger partial charge in [-0.2, -0.15) is 0 Å². The molecular weight excluding hydrogens is 452 g/mol. The molecule has 4 rings (SSSR count). The number of hydrogen-bond acceptors (Lipinski definition) is 5. The van der Waals surface area contributed by atoms with Crippen molar-refractivity contribution in [1.29, 1.82) is 0 Å². The SMILES string of the molecule is O=C(NCc1cccnc1)Nc1ccc(S(=O)(=O)NC2CCCC(OC3CCCCC3)C2)cc1. The van der Waals surface area contributed by atoms with Crippen molar-refractivity contribution in [3.63, 3.8) is 0 Å². The lowest BCUT2D eigenvalue weighted by Gasteiger charge is -2.33. The van der Waals surface area contributed by atoms with Crippen LogP contribution in [0.2, 0.25) is 0 Å². The summed E-state index contributed by atoms with van der Waals surface area (Å²) in [5.74, 6) is 0. The number of aromatic nitrogens is 1. The van der Waals surface area contributed by atoms with Crippen molar-refractivity contribution in [3.05, 3.63) is 54.4 Å². The molecular formula is C25H34N4O4S. The lowest BCUT2D eigenvalue weighted by molar-refractivity contribution is -0.0487. The molecule has 0 spiro atoms. The van der Waals surface area contributed by atoms with Gasteiger partial charge in [-0.15, -0.1) is 0 Å². The molecule has 2 aliphatic carbocycles. The van der Waals surface area contributed by atoms with Gasteiger partial charge in [0.25, 0.3) is 0 Å². The van der Waals surface area contributed by atoms with Gasteiger partial charge in [-0.3, -0.25) is 4.98 Å². The lowest BCUT2D eigenvalue weighted by atomic mass is 9.92. The quantitative estimate of drug-likeness (QED) is 0.514. The minimum absolute atomic E-state index is 0.122. The van der Waals surface area contributed by atoms with E-state index in [9.17, 15) is 13.2 Å². The zero-order chi connectivity index (χ0) is 23.8. The van der Waals surface area contributed by atoms with Crippen LogP contribution in [0.5, 0.6) is 0 Å². The second-order valence-corrected chi connectivity index (χ2v) is 10.9. The molecule has 2 atom stereocenters. The highest BCUT2D eigenvalue weighted by Crippen LogP contribution is 2.28. The summed E-state index contributed by atoms with van der Waals surface area (Å²) < 4.78 is 35.0. The van der Waals surface area contributed by atoms with Gasteiger partial charge in [-0.25, -0.2) is 17.9 Å². The standard InChI is InChI=1S/C25H34N4O4S/c30-25(27-18-19-6-5-15-26-17-19)28-20-11-13-24(14-12-20)34(31,32)29-21-7-4-10-23(16-21)33-22-8-2-1-3-9-22/h5-6,11-15,17,21-23,29H,1-4,7-10,16,18H2,(H2,27,28,30). The first-order valence-corrected chi connectivity index (χ1v) is 13.7. The summed E-state index contributed by atoms with van der Waals surface area (Å²) in [4.78, 5) is 16.3. The van der Waals surface area contributed by atoms with Crippen LogP contribution in [0, 0.1) is 0 Å². The second-order valence-electron chi connectivity index (χ2n) is 9.20. The molecule has 2 saturated carbocycles. The molecule has 0 bridgehead atoms. The van der Waals surface area contributed by atoms with Gasteiger partial charge in [0.15, 0.2) is 0 Å². The molecule has 2 aromatic rings. The van der Waals surface area contributed by atoms with E-state index in [1.54, 1.807) is 30.6 Å². The molecule has 0 radical (unpaired) electrons. The Morgan fingerprint density at radius 2 is 1.74 bits per heavy atom. The van der Waals surface area contributed by atoms with E-state index < -0.39 is 10.0 Å². The largest absolute Gasteiger partial charge is 0.375 e. The van der Waals surface area contributed by atoms with E-state index in [1.165, 1.54) is 31.4 Å². The first kappa shape index (κ1) is 24.6. The van der Waals surface area contributed by atoms with Crippen molar-refractivity contribution in [2.45, 2.75) is 87.5 Å². The number of pyridine rings is 1. The van der Waals surface area contributed by atoms with E-state index in [0.29, 0.717) is 24.8 Å². The summed E-state index contributed by atoms with van der Waals surface area (Å²) in [5.41, 5.74) is 1.40. The van der Waals surface area contributed by atoms with Gasteiger partial charge in [0, 0.05) is 30.7 Å². The highest BCUT2D eigenvalue weighted by atomic mass is 32.2. The van der Waals surface area contributed by atoms with E-state index in [-0.39, 0.29) is 23.1 Å². The Labute approximate surface area is 201 Å². The molecule has 2 unspecified atom stereocenters. The topological polar surface area (TPSA) is 109 Å². The van der Waals surface area contributed by atoms with Crippen LogP contribution in [-0.4, -0.2) is 37.7 Å². The van der Waals surface area contributed by atoms with Crippen molar-refractivity contribution < 1.29 is 17.9 Å². The maximum Gasteiger partial charge on any atom is 0.319 e.